The van der Waals surface area contributed by atoms with Gasteiger partial charge in [-0.05, 0) is 18.9 Å². The van der Waals surface area contributed by atoms with E-state index in [1.807, 2.05) is 0 Å². The van der Waals surface area contributed by atoms with Gasteiger partial charge in [-0.3, -0.25) is 4.79 Å². The lowest BCUT2D eigenvalue weighted by Crippen LogP contribution is -2.39. The van der Waals surface area contributed by atoms with E-state index in [1.54, 1.807) is 10.3 Å². The molecule has 1 fully saturated rings. The van der Waals surface area contributed by atoms with Crippen LogP contribution in [0.5, 0.6) is 0 Å². The Morgan fingerprint density at radius 1 is 1.47 bits per heavy atom. The summed E-state index contributed by atoms with van der Waals surface area (Å²) in [5.74, 6) is -0.145. The van der Waals surface area contributed by atoms with Crippen LogP contribution in [0.4, 0.5) is 5.69 Å². The summed E-state index contributed by atoms with van der Waals surface area (Å²) in [7, 11) is -2.20. The van der Waals surface area contributed by atoms with Gasteiger partial charge in [0.25, 0.3) is 10.0 Å². The molecule has 6 nitrogen and oxygen atoms in total. The van der Waals surface area contributed by atoms with E-state index in [-0.39, 0.29) is 16.7 Å². The smallest absolute Gasteiger partial charge is 0.252 e. The van der Waals surface area contributed by atoms with Crippen molar-refractivity contribution in [1.29, 1.82) is 0 Å². The van der Waals surface area contributed by atoms with Gasteiger partial charge in [0, 0.05) is 31.2 Å². The van der Waals surface area contributed by atoms with Gasteiger partial charge < -0.3 is 10.6 Å². The van der Waals surface area contributed by atoms with Crippen molar-refractivity contribution in [2.75, 3.05) is 32.4 Å². The lowest BCUT2D eigenvalue weighted by molar-refractivity contribution is -0.130. The number of rotatable bonds is 4. The molecule has 19 heavy (non-hydrogen) atoms. The molecule has 0 aliphatic carbocycles. The maximum atomic E-state index is 12.2. The van der Waals surface area contributed by atoms with Gasteiger partial charge in [-0.25, -0.2) is 8.42 Å². The van der Waals surface area contributed by atoms with Gasteiger partial charge in [-0.2, -0.15) is 4.31 Å². The standard InChI is InChI=1S/C11H17N3O3S2/c1-13(7-10(15)14-4-2-3-5-14)19(16,17)11-6-9(12)8-18-11/h6,8H,2-5,7,12H2,1H3. The van der Waals surface area contributed by atoms with Crippen LogP contribution in [0.15, 0.2) is 15.7 Å². The summed E-state index contributed by atoms with van der Waals surface area (Å²) < 4.78 is 25.7. The SMILES string of the molecule is CN(CC(=O)N1CCCC1)S(=O)(=O)c1cc(N)cs1. The van der Waals surface area contributed by atoms with Crippen molar-refractivity contribution >= 4 is 33.0 Å². The summed E-state index contributed by atoms with van der Waals surface area (Å²) in [6.07, 6.45) is 1.98. The van der Waals surface area contributed by atoms with Gasteiger partial charge in [0.2, 0.25) is 5.91 Å². The van der Waals surface area contributed by atoms with Crippen LogP contribution in [0.25, 0.3) is 0 Å². The largest absolute Gasteiger partial charge is 0.398 e. The molecule has 0 bridgehead atoms. The Balaban J connectivity index is 2.06. The van der Waals surface area contributed by atoms with Gasteiger partial charge in [-0.15, -0.1) is 11.3 Å². The number of nitrogens with zero attached hydrogens (tertiary/aromatic N) is 2. The quantitative estimate of drug-likeness (QED) is 0.881. The molecule has 8 heteroatoms. The van der Waals surface area contributed by atoms with Crippen molar-refractivity contribution in [3.8, 4) is 0 Å². The normalized spacial score (nSPS) is 16.2. The summed E-state index contributed by atoms with van der Waals surface area (Å²) in [5.41, 5.74) is 5.95. The first-order valence-electron chi connectivity index (χ1n) is 5.99. The maximum Gasteiger partial charge on any atom is 0.252 e. The second-order valence-corrected chi connectivity index (χ2v) is 7.73. The first kappa shape index (κ1) is 14.3. The van der Waals surface area contributed by atoms with Gasteiger partial charge in [0.15, 0.2) is 0 Å². The van der Waals surface area contributed by atoms with Crippen LogP contribution in [-0.4, -0.2) is 50.2 Å². The van der Waals surface area contributed by atoms with Gasteiger partial charge in [0.05, 0.1) is 6.54 Å². The minimum absolute atomic E-state index is 0.125. The van der Waals surface area contributed by atoms with Crippen LogP contribution < -0.4 is 5.73 Å². The van der Waals surface area contributed by atoms with E-state index < -0.39 is 10.0 Å². The lowest BCUT2D eigenvalue weighted by Gasteiger charge is -2.20. The number of thiophene rings is 1. The third-order valence-electron chi connectivity index (χ3n) is 3.08. The van der Waals surface area contributed by atoms with Crippen LogP contribution >= 0.6 is 11.3 Å². The molecule has 1 aliphatic heterocycles. The number of nitrogen functional groups attached to an aromatic ring is 1. The first-order chi connectivity index (χ1) is 8.91. The lowest BCUT2D eigenvalue weighted by atomic mass is 10.4. The number of likely N-dealkylation sites (N-methyl/N-ethyl adjacent to an activating group) is 1. The van der Waals surface area contributed by atoms with Gasteiger partial charge in [0.1, 0.15) is 4.21 Å². The molecule has 1 amide bonds. The number of nitrogens with two attached hydrogens (primary N) is 1. The molecule has 0 aromatic carbocycles. The number of hydrogen-bond donors (Lipinski definition) is 1. The molecule has 0 atom stereocenters. The Hall–Kier alpha value is -1.12. The monoisotopic (exact) mass is 303 g/mol. The Morgan fingerprint density at radius 2 is 2.11 bits per heavy atom. The molecular weight excluding hydrogens is 286 g/mol. The van der Waals surface area contributed by atoms with Crippen LogP contribution in [0, 0.1) is 0 Å². The molecular formula is C11H17N3O3S2. The summed E-state index contributed by atoms with van der Waals surface area (Å²) in [6.45, 7) is 1.32. The van der Waals surface area contributed by atoms with E-state index in [4.69, 9.17) is 5.73 Å². The average molecular weight is 303 g/mol. The second-order valence-electron chi connectivity index (χ2n) is 4.55. The van der Waals surface area contributed by atoms with Crippen LogP contribution in [-0.2, 0) is 14.8 Å². The van der Waals surface area contributed by atoms with Gasteiger partial charge in [-0.1, -0.05) is 0 Å². The van der Waals surface area contributed by atoms with E-state index in [0.717, 1.165) is 41.6 Å². The van der Waals surface area contributed by atoms with Crippen LogP contribution in [0.1, 0.15) is 12.8 Å². The molecule has 0 spiro atoms. The second kappa shape index (κ2) is 5.48. The summed E-state index contributed by atoms with van der Waals surface area (Å²) in [5, 5.41) is 1.57. The average Bonchev–Trinajstić information content (AvgIpc) is 2.99. The molecule has 0 saturated carbocycles. The van der Waals surface area contributed by atoms with E-state index in [0.29, 0.717) is 5.69 Å². The molecule has 1 aromatic heterocycles. The van der Waals surface area contributed by atoms with Crippen molar-refractivity contribution in [1.82, 2.24) is 9.21 Å². The number of amides is 1. The molecule has 2 rings (SSSR count). The molecule has 1 saturated heterocycles. The van der Waals surface area contributed by atoms with Gasteiger partial charge >= 0.3 is 0 Å². The molecule has 1 aromatic rings. The zero-order chi connectivity index (χ0) is 14.0. The fourth-order valence-electron chi connectivity index (χ4n) is 1.96. The van der Waals surface area contributed by atoms with Crippen LogP contribution in [0.2, 0.25) is 0 Å². The summed E-state index contributed by atoms with van der Waals surface area (Å²) >= 11 is 1.06. The highest BCUT2D eigenvalue weighted by molar-refractivity contribution is 7.91. The van der Waals surface area contributed by atoms with E-state index >= 15 is 0 Å². The zero-order valence-electron chi connectivity index (χ0n) is 10.7. The molecule has 0 radical (unpaired) electrons. The first-order valence-corrected chi connectivity index (χ1v) is 8.31. The molecule has 1 aliphatic rings. The molecule has 0 unspecified atom stereocenters. The highest BCUT2D eigenvalue weighted by Crippen LogP contribution is 2.24. The zero-order valence-corrected chi connectivity index (χ0v) is 12.3. The van der Waals surface area contributed by atoms with E-state index in [9.17, 15) is 13.2 Å². The Bertz CT molecular complexity index is 561. The number of carbonyl (C=O) groups is 1. The highest BCUT2D eigenvalue weighted by Gasteiger charge is 2.27. The van der Waals surface area contributed by atoms with Crippen molar-refractivity contribution < 1.29 is 13.2 Å². The number of carbonyl (C=O) groups excluding carboxylic acids is 1. The number of anilines is 1. The van der Waals surface area contributed by atoms with Crippen LogP contribution in [0.3, 0.4) is 0 Å². The predicted octanol–water partition coefficient (Wildman–Crippen LogP) is 0.573. The Labute approximate surface area is 116 Å². The highest BCUT2D eigenvalue weighted by atomic mass is 32.2. The van der Waals surface area contributed by atoms with Crippen molar-refractivity contribution in [2.45, 2.75) is 17.1 Å². The number of sulfonamides is 1. The van der Waals surface area contributed by atoms with E-state index in [2.05, 4.69) is 0 Å². The predicted molar refractivity (Wildman–Crippen MR) is 74.4 cm³/mol. The summed E-state index contributed by atoms with van der Waals surface area (Å²) in [4.78, 5) is 13.6. The fourth-order valence-corrected chi connectivity index (χ4v) is 4.37. The Kier molecular flexibility index (Phi) is 4.12. The van der Waals surface area contributed by atoms with E-state index in [1.165, 1.54) is 13.1 Å². The number of likely N-dealkylation sites (tertiary alicyclic amines) is 1. The molecule has 2 heterocycles. The number of hydrogen-bond acceptors (Lipinski definition) is 5. The maximum absolute atomic E-state index is 12.2. The third kappa shape index (κ3) is 3.07. The summed E-state index contributed by atoms with van der Waals surface area (Å²) in [6, 6.07) is 1.41. The topological polar surface area (TPSA) is 83.7 Å². The molecule has 106 valence electrons. The van der Waals surface area contributed by atoms with Crippen molar-refractivity contribution in [3.63, 3.8) is 0 Å². The Morgan fingerprint density at radius 3 is 2.63 bits per heavy atom. The fraction of sp³-hybridized carbons (Fsp3) is 0.545. The molecule has 2 N–H and O–H groups in total. The minimum Gasteiger partial charge on any atom is -0.398 e. The minimum atomic E-state index is -3.62. The van der Waals surface area contributed by atoms with Crippen molar-refractivity contribution in [2.24, 2.45) is 0 Å². The third-order valence-corrected chi connectivity index (χ3v) is 6.31. The van der Waals surface area contributed by atoms with Crippen molar-refractivity contribution in [3.05, 3.63) is 11.4 Å².